The first kappa shape index (κ1) is 26.5. The minimum Gasteiger partial charge on any atom is -0.360 e. The third kappa shape index (κ3) is 6.52. The number of anilines is 1. The zero-order chi connectivity index (χ0) is 25.0. The number of likely N-dealkylation sites (tertiary alicyclic amines) is 1. The van der Waals surface area contributed by atoms with Crippen LogP contribution in [0.1, 0.15) is 30.0 Å². The predicted octanol–water partition coefficient (Wildman–Crippen LogP) is 5.40. The van der Waals surface area contributed by atoms with Gasteiger partial charge in [0.05, 0.1) is 18.6 Å². The topological polar surface area (TPSA) is 49.9 Å². The zero-order valence-electron chi connectivity index (χ0n) is 20.5. The molecule has 3 rings (SSSR count). The van der Waals surface area contributed by atoms with Crippen molar-refractivity contribution in [1.82, 2.24) is 4.90 Å². The van der Waals surface area contributed by atoms with E-state index >= 15 is 0 Å². The van der Waals surface area contributed by atoms with Gasteiger partial charge in [-0.2, -0.15) is 0 Å². The van der Waals surface area contributed by atoms with Crippen molar-refractivity contribution in [2.45, 2.75) is 25.8 Å². The highest BCUT2D eigenvalue weighted by molar-refractivity contribution is 8.32. The van der Waals surface area contributed by atoms with Gasteiger partial charge in [-0.25, -0.2) is 14.4 Å². The molecule has 2 aromatic carbocycles. The first-order valence-electron chi connectivity index (χ1n) is 11.3. The first-order valence-corrected chi connectivity index (χ1v) is 14.7. The number of halogens is 2. The molecular formula is C26H34ClFN2O3S. The van der Waals surface area contributed by atoms with Crippen LogP contribution >= 0.6 is 21.6 Å². The van der Waals surface area contributed by atoms with Crippen molar-refractivity contribution in [3.05, 3.63) is 64.4 Å². The van der Waals surface area contributed by atoms with Crippen LogP contribution in [0.25, 0.3) is 0 Å². The molecule has 1 unspecified atom stereocenters. The molecule has 2 aromatic rings. The van der Waals surface area contributed by atoms with Crippen LogP contribution in [0.15, 0.2) is 42.5 Å². The van der Waals surface area contributed by atoms with Crippen LogP contribution in [0.2, 0.25) is 5.02 Å². The molecule has 2 atom stereocenters. The maximum atomic E-state index is 14.2. The van der Waals surface area contributed by atoms with Crippen LogP contribution in [0.3, 0.4) is 0 Å². The fourth-order valence-electron chi connectivity index (χ4n) is 4.23. The first-order chi connectivity index (χ1) is 16.0. The van der Waals surface area contributed by atoms with Crippen molar-refractivity contribution in [3.8, 4) is 0 Å². The summed E-state index contributed by atoms with van der Waals surface area (Å²) in [6.07, 6.45) is 7.30. The smallest absolute Gasteiger partial charge is 0.234 e. The van der Waals surface area contributed by atoms with Crippen molar-refractivity contribution in [3.63, 3.8) is 0 Å². The van der Waals surface area contributed by atoms with Gasteiger partial charge in [-0.1, -0.05) is 23.7 Å². The van der Waals surface area contributed by atoms with Gasteiger partial charge < -0.3 is 9.64 Å². The van der Waals surface area contributed by atoms with E-state index in [2.05, 4.69) is 18.8 Å². The summed E-state index contributed by atoms with van der Waals surface area (Å²) < 4.78 is 20.1. The Kier molecular flexibility index (Phi) is 8.66. The van der Waals surface area contributed by atoms with Gasteiger partial charge in [0.1, 0.15) is 12.5 Å². The maximum Gasteiger partial charge on any atom is 0.234 e. The van der Waals surface area contributed by atoms with Crippen molar-refractivity contribution >= 4 is 39.1 Å². The molecule has 8 heteroatoms. The Hall–Kier alpha value is -2.09. The number of carbonyl (C=O) groups is 2. The Morgan fingerprint density at radius 1 is 1.24 bits per heavy atom. The third-order valence-corrected chi connectivity index (χ3v) is 7.81. The summed E-state index contributed by atoms with van der Waals surface area (Å²) in [6, 6.07) is 11.0. The van der Waals surface area contributed by atoms with E-state index in [1.54, 1.807) is 41.1 Å². The summed E-state index contributed by atoms with van der Waals surface area (Å²) in [5, 5.41) is 0.517. The number of ether oxygens (including phenoxy) is 1. The summed E-state index contributed by atoms with van der Waals surface area (Å²) in [5.41, 5.74) is 2.12. The van der Waals surface area contributed by atoms with Crippen molar-refractivity contribution < 1.29 is 18.7 Å². The highest BCUT2D eigenvalue weighted by atomic mass is 35.5. The normalized spacial score (nSPS) is 19.3. The monoisotopic (exact) mass is 508 g/mol. The zero-order valence-corrected chi connectivity index (χ0v) is 22.1. The Balaban J connectivity index is 1.95. The molecule has 1 aliphatic heterocycles. The molecule has 1 fully saturated rings. The minimum atomic E-state index is -0.730. The van der Waals surface area contributed by atoms with Crippen LogP contribution in [-0.2, 0) is 14.3 Å². The van der Waals surface area contributed by atoms with E-state index in [0.717, 1.165) is 11.3 Å². The summed E-state index contributed by atoms with van der Waals surface area (Å²) in [5.74, 6) is -0.233. The van der Waals surface area contributed by atoms with E-state index in [4.69, 9.17) is 16.3 Å². The molecule has 0 aromatic heterocycles. The lowest BCUT2D eigenvalue weighted by molar-refractivity contribution is -0.141. The number of hydrogen-bond acceptors (Lipinski definition) is 3. The molecule has 0 spiro atoms. The molecule has 0 saturated carbocycles. The minimum absolute atomic E-state index is 0.0589. The molecule has 1 saturated heterocycles. The molecule has 0 N–H and O–H groups in total. The summed E-state index contributed by atoms with van der Waals surface area (Å²) >= 11 is 6.24. The van der Waals surface area contributed by atoms with Crippen LogP contribution in [-0.4, -0.2) is 61.6 Å². The maximum absolute atomic E-state index is 14.2. The van der Waals surface area contributed by atoms with Gasteiger partial charge in [0, 0.05) is 29.9 Å². The highest BCUT2D eigenvalue weighted by Gasteiger charge is 2.41. The lowest BCUT2D eigenvalue weighted by Crippen LogP contribution is -2.48. The van der Waals surface area contributed by atoms with Crippen LogP contribution in [0.5, 0.6) is 0 Å². The second-order valence-electron chi connectivity index (χ2n) is 9.67. The average molecular weight is 509 g/mol. The van der Waals surface area contributed by atoms with E-state index in [9.17, 15) is 14.0 Å². The number of amides is 2. The van der Waals surface area contributed by atoms with Crippen LogP contribution < -0.4 is 4.90 Å². The molecule has 0 aliphatic carbocycles. The summed E-state index contributed by atoms with van der Waals surface area (Å²) in [7, 11) is 0.953. The summed E-state index contributed by atoms with van der Waals surface area (Å²) in [6.45, 7) is 2.49. The van der Waals surface area contributed by atoms with Gasteiger partial charge in [0.15, 0.2) is 0 Å². The van der Waals surface area contributed by atoms with Gasteiger partial charge >= 0.3 is 0 Å². The largest absolute Gasteiger partial charge is 0.360 e. The number of rotatable bonds is 8. The van der Waals surface area contributed by atoms with E-state index in [0.29, 0.717) is 29.3 Å². The second-order valence-corrected chi connectivity index (χ2v) is 14.7. The Morgan fingerprint density at radius 3 is 2.65 bits per heavy atom. The molecule has 0 bridgehead atoms. The molecule has 2 amide bonds. The van der Waals surface area contributed by atoms with Gasteiger partial charge in [0.25, 0.3) is 0 Å². The number of hydrogen-bond donors (Lipinski definition) is 0. The van der Waals surface area contributed by atoms with Gasteiger partial charge in [0.2, 0.25) is 11.8 Å². The van der Waals surface area contributed by atoms with Gasteiger partial charge in [-0.05, 0) is 73.6 Å². The quantitative estimate of drug-likeness (QED) is 0.354. The number of nitrogens with zero attached hydrogens (tertiary/aromatic N) is 2. The summed E-state index contributed by atoms with van der Waals surface area (Å²) in [4.78, 5) is 29.8. The standard InChI is InChI=1S/C26H34ClFN2O3S/c1-18-9-10-20(28)16-23(18)25-22(11-12-24(31)29(25)2)26(32)30(17-33-13-14-34(3,4)5)21-8-6-7-19(27)15-21/h6-10,15-16,22,25H,11-14,17H2,1-5H3/t22?,25-/m0/s1. The van der Waals surface area contributed by atoms with Crippen LogP contribution in [0, 0.1) is 18.7 Å². The van der Waals surface area contributed by atoms with E-state index in [-0.39, 0.29) is 25.0 Å². The van der Waals surface area contributed by atoms with E-state index in [1.807, 2.05) is 13.0 Å². The number of aryl methyl sites for hydroxylation is 1. The Morgan fingerprint density at radius 2 is 1.97 bits per heavy atom. The Bertz CT molecular complexity index is 1040. The van der Waals surface area contributed by atoms with Gasteiger partial charge in [-0.15, -0.1) is 0 Å². The Labute approximate surface area is 208 Å². The third-order valence-electron chi connectivity index (χ3n) is 6.18. The van der Waals surface area contributed by atoms with Gasteiger partial charge in [-0.3, -0.25) is 14.5 Å². The van der Waals surface area contributed by atoms with Crippen LogP contribution in [0.4, 0.5) is 10.1 Å². The van der Waals surface area contributed by atoms with Crippen molar-refractivity contribution in [2.75, 3.05) is 49.8 Å². The fourth-order valence-corrected chi connectivity index (χ4v) is 5.03. The lowest BCUT2D eigenvalue weighted by atomic mass is 9.82. The second kappa shape index (κ2) is 11.1. The molecule has 0 radical (unpaired) electrons. The van der Waals surface area contributed by atoms with Crippen molar-refractivity contribution in [2.24, 2.45) is 5.92 Å². The molecule has 34 heavy (non-hydrogen) atoms. The molecule has 1 heterocycles. The van der Waals surface area contributed by atoms with Crippen molar-refractivity contribution in [1.29, 1.82) is 0 Å². The predicted molar refractivity (Wildman–Crippen MR) is 139 cm³/mol. The number of benzene rings is 2. The van der Waals surface area contributed by atoms with E-state index < -0.39 is 27.8 Å². The molecule has 5 nitrogen and oxygen atoms in total. The highest BCUT2D eigenvalue weighted by Crippen LogP contribution is 2.39. The fraction of sp³-hybridized carbons (Fsp3) is 0.462. The SMILES string of the molecule is Cc1ccc(F)cc1[C@@H]1C(C(=O)N(COCCS(C)(C)C)c2cccc(Cl)c2)CCC(=O)N1C. The molecule has 1 aliphatic rings. The van der Waals surface area contributed by atoms with E-state index in [1.165, 1.54) is 12.1 Å². The number of piperidine rings is 1. The number of carbonyl (C=O) groups excluding carboxylic acids is 2. The average Bonchev–Trinajstić information content (AvgIpc) is 2.76. The molecular weight excluding hydrogens is 475 g/mol. The lowest BCUT2D eigenvalue weighted by Gasteiger charge is -2.41. The molecule has 186 valence electrons.